The second-order valence-electron chi connectivity index (χ2n) is 5.63. The zero-order valence-corrected chi connectivity index (χ0v) is 10.4. The molecule has 0 unspecified atom stereocenters. The summed E-state index contributed by atoms with van der Waals surface area (Å²) in [5.41, 5.74) is -0.378. The van der Waals surface area contributed by atoms with Gasteiger partial charge in [-0.15, -0.1) is 0 Å². The van der Waals surface area contributed by atoms with Gasteiger partial charge in [0.2, 0.25) is 0 Å². The van der Waals surface area contributed by atoms with Gasteiger partial charge in [-0.2, -0.15) is 0 Å². The minimum Gasteiger partial charge on any atom is -0.389 e. The lowest BCUT2D eigenvalue weighted by molar-refractivity contribution is -0.128. The Kier molecular flexibility index (Phi) is 3.09. The number of piperidine rings is 1. The quantitative estimate of drug-likeness (QED) is 0.720. The van der Waals surface area contributed by atoms with Crippen LogP contribution < -0.4 is 0 Å². The Morgan fingerprint density at radius 1 is 1.33 bits per heavy atom. The summed E-state index contributed by atoms with van der Waals surface area (Å²) in [7, 11) is 2.24. The predicted octanol–water partition coefficient (Wildman–Crippen LogP) is 2.41. The standard InChI is InChI=1S/C13H25NO/c1-4-13(15)9-10(2)14(3)12-8-6-5-7-11(12)13/h10-12,15H,4-9H2,1-3H3/t10-,11-,12-,13+/m1/s1. The highest BCUT2D eigenvalue weighted by molar-refractivity contribution is 5.01. The van der Waals surface area contributed by atoms with E-state index in [2.05, 4.69) is 25.8 Å². The molecule has 0 aromatic heterocycles. The molecule has 0 bridgehead atoms. The lowest BCUT2D eigenvalue weighted by Gasteiger charge is -2.54. The first kappa shape index (κ1) is 11.4. The molecule has 2 rings (SSSR count). The van der Waals surface area contributed by atoms with Crippen LogP contribution in [0.25, 0.3) is 0 Å². The lowest BCUT2D eigenvalue weighted by Crippen LogP contribution is -2.60. The van der Waals surface area contributed by atoms with E-state index in [1.165, 1.54) is 25.7 Å². The molecule has 88 valence electrons. The summed E-state index contributed by atoms with van der Waals surface area (Å²) in [6, 6.07) is 1.17. The van der Waals surface area contributed by atoms with Crippen molar-refractivity contribution in [1.29, 1.82) is 0 Å². The normalized spacial score (nSPS) is 47.6. The van der Waals surface area contributed by atoms with Gasteiger partial charge >= 0.3 is 0 Å². The van der Waals surface area contributed by atoms with E-state index in [1.807, 2.05) is 0 Å². The van der Waals surface area contributed by atoms with Crippen molar-refractivity contribution < 1.29 is 5.11 Å². The van der Waals surface area contributed by atoms with Crippen molar-refractivity contribution in [2.45, 2.75) is 70.1 Å². The smallest absolute Gasteiger partial charge is 0.0702 e. The lowest BCUT2D eigenvalue weighted by atomic mass is 9.66. The molecule has 1 aliphatic carbocycles. The Hall–Kier alpha value is -0.0800. The van der Waals surface area contributed by atoms with Gasteiger partial charge in [0.05, 0.1) is 5.60 Å². The molecule has 1 N–H and O–H groups in total. The highest BCUT2D eigenvalue weighted by Crippen LogP contribution is 2.44. The number of hydrogen-bond acceptors (Lipinski definition) is 2. The summed E-state index contributed by atoms with van der Waals surface area (Å²) in [5.74, 6) is 0.525. The van der Waals surface area contributed by atoms with Gasteiger partial charge in [0, 0.05) is 18.0 Å². The minimum atomic E-state index is -0.378. The predicted molar refractivity (Wildman–Crippen MR) is 62.8 cm³/mol. The molecule has 2 fully saturated rings. The number of rotatable bonds is 1. The van der Waals surface area contributed by atoms with Crippen molar-refractivity contribution in [2.24, 2.45) is 5.92 Å². The van der Waals surface area contributed by atoms with Gasteiger partial charge in [0.1, 0.15) is 0 Å². The molecular weight excluding hydrogens is 186 g/mol. The largest absolute Gasteiger partial charge is 0.389 e. The Morgan fingerprint density at radius 3 is 2.67 bits per heavy atom. The fourth-order valence-corrected chi connectivity index (χ4v) is 3.77. The van der Waals surface area contributed by atoms with Gasteiger partial charge < -0.3 is 10.0 Å². The van der Waals surface area contributed by atoms with Gasteiger partial charge in [0.15, 0.2) is 0 Å². The molecule has 4 atom stereocenters. The second-order valence-corrected chi connectivity index (χ2v) is 5.63. The maximum absolute atomic E-state index is 10.7. The van der Waals surface area contributed by atoms with Gasteiger partial charge in [0.25, 0.3) is 0 Å². The number of hydrogen-bond donors (Lipinski definition) is 1. The molecule has 1 saturated heterocycles. The van der Waals surface area contributed by atoms with E-state index in [0.29, 0.717) is 18.0 Å². The van der Waals surface area contributed by atoms with Gasteiger partial charge in [-0.1, -0.05) is 19.8 Å². The summed E-state index contributed by atoms with van der Waals surface area (Å²) in [5, 5.41) is 10.7. The van der Waals surface area contributed by atoms with Crippen molar-refractivity contribution in [3.63, 3.8) is 0 Å². The van der Waals surface area contributed by atoms with Crippen molar-refractivity contribution >= 4 is 0 Å². The van der Waals surface area contributed by atoms with Gasteiger partial charge in [-0.05, 0) is 39.7 Å². The summed E-state index contributed by atoms with van der Waals surface area (Å²) < 4.78 is 0. The molecule has 2 nitrogen and oxygen atoms in total. The van der Waals surface area contributed by atoms with Crippen LogP contribution in [0.4, 0.5) is 0 Å². The van der Waals surface area contributed by atoms with Crippen LogP contribution >= 0.6 is 0 Å². The van der Waals surface area contributed by atoms with Crippen LogP contribution in [-0.2, 0) is 0 Å². The summed E-state index contributed by atoms with van der Waals surface area (Å²) >= 11 is 0. The van der Waals surface area contributed by atoms with Crippen molar-refractivity contribution in [1.82, 2.24) is 4.90 Å². The molecule has 1 saturated carbocycles. The molecule has 0 radical (unpaired) electrons. The second kappa shape index (κ2) is 4.06. The van der Waals surface area contributed by atoms with Gasteiger partial charge in [-0.25, -0.2) is 0 Å². The highest BCUT2D eigenvalue weighted by atomic mass is 16.3. The molecule has 1 aliphatic heterocycles. The molecule has 2 aliphatic rings. The molecule has 0 spiro atoms. The molecule has 0 aromatic carbocycles. The minimum absolute atomic E-state index is 0.378. The first-order valence-electron chi connectivity index (χ1n) is 6.53. The molecule has 0 aromatic rings. The monoisotopic (exact) mass is 211 g/mol. The molecule has 15 heavy (non-hydrogen) atoms. The summed E-state index contributed by atoms with van der Waals surface area (Å²) in [4.78, 5) is 2.51. The third-order valence-corrected chi connectivity index (χ3v) is 4.90. The van der Waals surface area contributed by atoms with Crippen LogP contribution in [0.2, 0.25) is 0 Å². The van der Waals surface area contributed by atoms with E-state index in [1.54, 1.807) is 0 Å². The van der Waals surface area contributed by atoms with Crippen LogP contribution in [0.3, 0.4) is 0 Å². The zero-order valence-electron chi connectivity index (χ0n) is 10.4. The Morgan fingerprint density at radius 2 is 2.00 bits per heavy atom. The van der Waals surface area contributed by atoms with E-state index in [9.17, 15) is 5.11 Å². The van der Waals surface area contributed by atoms with Crippen LogP contribution in [0.15, 0.2) is 0 Å². The first-order valence-corrected chi connectivity index (χ1v) is 6.53. The summed E-state index contributed by atoms with van der Waals surface area (Å²) in [6.07, 6.45) is 7.05. The van der Waals surface area contributed by atoms with E-state index in [-0.39, 0.29) is 5.60 Å². The molecule has 1 heterocycles. The van der Waals surface area contributed by atoms with Crippen LogP contribution in [-0.4, -0.2) is 34.7 Å². The average Bonchev–Trinajstić information content (AvgIpc) is 2.26. The Labute approximate surface area is 93.7 Å². The topological polar surface area (TPSA) is 23.5 Å². The number of fused-ring (bicyclic) bond motifs is 1. The Balaban J connectivity index is 2.22. The van der Waals surface area contributed by atoms with Crippen LogP contribution in [0, 0.1) is 5.92 Å². The van der Waals surface area contributed by atoms with E-state index in [4.69, 9.17) is 0 Å². The highest BCUT2D eigenvalue weighted by Gasteiger charge is 2.48. The third-order valence-electron chi connectivity index (χ3n) is 4.90. The van der Waals surface area contributed by atoms with Crippen molar-refractivity contribution in [3.8, 4) is 0 Å². The van der Waals surface area contributed by atoms with E-state index in [0.717, 1.165) is 12.8 Å². The fraction of sp³-hybridized carbons (Fsp3) is 1.00. The SMILES string of the molecule is CC[C@]1(O)C[C@@H](C)N(C)[C@@H]2CCCC[C@H]21. The zero-order chi connectivity index (χ0) is 11.1. The number of nitrogens with zero attached hydrogens (tertiary/aromatic N) is 1. The van der Waals surface area contributed by atoms with Crippen molar-refractivity contribution in [3.05, 3.63) is 0 Å². The first-order chi connectivity index (χ1) is 7.08. The molecule has 2 heteroatoms. The average molecular weight is 211 g/mol. The van der Waals surface area contributed by atoms with E-state index < -0.39 is 0 Å². The molecular formula is C13H25NO. The third kappa shape index (κ3) is 1.83. The summed E-state index contributed by atoms with van der Waals surface area (Å²) in [6.45, 7) is 4.40. The number of aliphatic hydroxyl groups is 1. The maximum atomic E-state index is 10.7. The maximum Gasteiger partial charge on any atom is 0.0702 e. The number of likely N-dealkylation sites (tertiary alicyclic amines) is 1. The fourth-order valence-electron chi connectivity index (χ4n) is 3.77. The van der Waals surface area contributed by atoms with Crippen LogP contribution in [0.1, 0.15) is 52.4 Å². The van der Waals surface area contributed by atoms with Crippen molar-refractivity contribution in [2.75, 3.05) is 7.05 Å². The van der Waals surface area contributed by atoms with Gasteiger partial charge in [-0.3, -0.25) is 0 Å². The van der Waals surface area contributed by atoms with E-state index >= 15 is 0 Å². The Bertz CT molecular complexity index is 231. The van der Waals surface area contributed by atoms with Crippen LogP contribution in [0.5, 0.6) is 0 Å². The molecule has 0 amide bonds.